The number of hydrogen-bond donors (Lipinski definition) is 3. The first-order valence-electron chi connectivity index (χ1n) is 6.10. The Kier molecular flexibility index (Phi) is 8.21. The maximum absolute atomic E-state index is 10.7. The molecule has 3 N–H and O–H groups in total. The van der Waals surface area contributed by atoms with Gasteiger partial charge in [-0.1, -0.05) is 20.3 Å². The average molecular weight is 232 g/mol. The zero-order chi connectivity index (χ0) is 12.6. The Bertz CT molecular complexity index is 193. The van der Waals surface area contributed by atoms with E-state index in [1.54, 1.807) is 0 Å². The Morgan fingerprint density at radius 2 is 1.62 bits per heavy atom. The molecule has 0 bridgehead atoms. The molecule has 0 heterocycles. The van der Waals surface area contributed by atoms with Crippen LogP contribution in [0.4, 0.5) is 0 Å². The predicted molar refractivity (Wildman–Crippen MR) is 62.2 cm³/mol. The quantitative estimate of drug-likeness (QED) is 0.566. The van der Waals surface area contributed by atoms with Gasteiger partial charge in [-0.2, -0.15) is 0 Å². The predicted octanol–water partition coefficient (Wildman–Crippen LogP) is 1.79. The van der Waals surface area contributed by atoms with Gasteiger partial charge in [-0.05, 0) is 32.1 Å². The molecule has 0 rings (SSSR count). The molecule has 0 fully saturated rings. The van der Waals surface area contributed by atoms with Crippen LogP contribution in [-0.2, 0) is 4.79 Å². The van der Waals surface area contributed by atoms with Crippen LogP contribution in [-0.4, -0.2) is 33.5 Å². The number of aliphatic carboxylic acids is 1. The molecule has 0 saturated heterocycles. The van der Waals surface area contributed by atoms with Crippen molar-refractivity contribution in [3.05, 3.63) is 0 Å². The van der Waals surface area contributed by atoms with Crippen LogP contribution in [0.25, 0.3) is 0 Å². The number of carboxylic acids is 1. The Labute approximate surface area is 97.3 Å². The molecule has 0 aliphatic rings. The summed E-state index contributed by atoms with van der Waals surface area (Å²) in [5.41, 5.74) is 0. The largest absolute Gasteiger partial charge is 0.481 e. The zero-order valence-corrected chi connectivity index (χ0v) is 10.2. The summed E-state index contributed by atoms with van der Waals surface area (Å²) in [6.07, 6.45) is 2.38. The second-order valence-corrected chi connectivity index (χ2v) is 4.35. The van der Waals surface area contributed by atoms with E-state index in [0.29, 0.717) is 32.1 Å². The lowest BCUT2D eigenvalue weighted by molar-refractivity contribution is -0.142. The summed E-state index contributed by atoms with van der Waals surface area (Å²) < 4.78 is 0. The molecule has 0 spiro atoms. The Hall–Kier alpha value is -0.610. The third kappa shape index (κ3) is 6.80. The second kappa shape index (κ2) is 8.53. The van der Waals surface area contributed by atoms with E-state index in [1.165, 1.54) is 0 Å². The summed E-state index contributed by atoms with van der Waals surface area (Å²) in [6.45, 7) is 3.81. The Balaban J connectivity index is 3.78. The van der Waals surface area contributed by atoms with Crippen molar-refractivity contribution in [2.75, 3.05) is 0 Å². The van der Waals surface area contributed by atoms with Crippen molar-refractivity contribution < 1.29 is 20.1 Å². The van der Waals surface area contributed by atoms with E-state index in [4.69, 9.17) is 5.11 Å². The van der Waals surface area contributed by atoms with Crippen molar-refractivity contribution in [1.82, 2.24) is 0 Å². The molecule has 0 aromatic rings. The number of carbonyl (C=O) groups is 1. The van der Waals surface area contributed by atoms with Crippen molar-refractivity contribution in [3.63, 3.8) is 0 Å². The SMILES string of the molecule is CCCC(O)CC(O)CCC(CC)C(=O)O. The number of carboxylic acid groups (broad SMARTS) is 1. The van der Waals surface area contributed by atoms with Crippen LogP contribution in [0.5, 0.6) is 0 Å². The number of rotatable bonds is 9. The number of hydrogen-bond acceptors (Lipinski definition) is 3. The molecule has 4 heteroatoms. The van der Waals surface area contributed by atoms with Gasteiger partial charge in [0.05, 0.1) is 18.1 Å². The van der Waals surface area contributed by atoms with Gasteiger partial charge in [-0.25, -0.2) is 0 Å². The first kappa shape index (κ1) is 15.4. The van der Waals surface area contributed by atoms with Gasteiger partial charge in [0.15, 0.2) is 0 Å². The van der Waals surface area contributed by atoms with Crippen molar-refractivity contribution in [2.45, 2.75) is 64.6 Å². The van der Waals surface area contributed by atoms with E-state index in [9.17, 15) is 15.0 Å². The fourth-order valence-electron chi connectivity index (χ4n) is 1.78. The monoisotopic (exact) mass is 232 g/mol. The minimum atomic E-state index is -0.802. The smallest absolute Gasteiger partial charge is 0.306 e. The van der Waals surface area contributed by atoms with E-state index in [1.807, 2.05) is 13.8 Å². The van der Waals surface area contributed by atoms with Gasteiger partial charge in [0.25, 0.3) is 0 Å². The van der Waals surface area contributed by atoms with Gasteiger partial charge in [0.2, 0.25) is 0 Å². The molecule has 0 aliphatic heterocycles. The van der Waals surface area contributed by atoms with E-state index < -0.39 is 18.2 Å². The van der Waals surface area contributed by atoms with Crippen LogP contribution in [0.2, 0.25) is 0 Å². The van der Waals surface area contributed by atoms with Crippen LogP contribution >= 0.6 is 0 Å². The summed E-state index contributed by atoms with van der Waals surface area (Å²) >= 11 is 0. The standard InChI is InChI=1S/C12H24O4/c1-3-5-10(13)8-11(14)7-6-9(4-2)12(15)16/h9-11,13-14H,3-8H2,1-2H3,(H,15,16). The molecule has 0 aromatic heterocycles. The van der Waals surface area contributed by atoms with Crippen molar-refractivity contribution in [1.29, 1.82) is 0 Å². The normalized spacial score (nSPS) is 16.8. The maximum Gasteiger partial charge on any atom is 0.306 e. The van der Waals surface area contributed by atoms with Gasteiger partial charge in [-0.15, -0.1) is 0 Å². The highest BCUT2D eigenvalue weighted by Crippen LogP contribution is 2.16. The van der Waals surface area contributed by atoms with Crippen LogP contribution in [0.1, 0.15) is 52.4 Å². The topological polar surface area (TPSA) is 77.8 Å². The van der Waals surface area contributed by atoms with Crippen LogP contribution in [0.3, 0.4) is 0 Å². The fourth-order valence-corrected chi connectivity index (χ4v) is 1.78. The van der Waals surface area contributed by atoms with Crippen molar-refractivity contribution in [2.24, 2.45) is 5.92 Å². The van der Waals surface area contributed by atoms with E-state index in [2.05, 4.69) is 0 Å². The summed E-state index contributed by atoms with van der Waals surface area (Å²) in [5, 5.41) is 27.9. The lowest BCUT2D eigenvalue weighted by Crippen LogP contribution is -2.20. The minimum Gasteiger partial charge on any atom is -0.481 e. The molecule has 16 heavy (non-hydrogen) atoms. The highest BCUT2D eigenvalue weighted by atomic mass is 16.4. The molecule has 0 saturated carbocycles. The van der Waals surface area contributed by atoms with Crippen LogP contribution in [0.15, 0.2) is 0 Å². The maximum atomic E-state index is 10.7. The highest BCUT2D eigenvalue weighted by Gasteiger charge is 2.18. The molecular formula is C12H24O4. The summed E-state index contributed by atoms with van der Waals surface area (Å²) in [6, 6.07) is 0. The van der Waals surface area contributed by atoms with Crippen LogP contribution < -0.4 is 0 Å². The summed E-state index contributed by atoms with van der Waals surface area (Å²) in [7, 11) is 0. The molecule has 3 atom stereocenters. The van der Waals surface area contributed by atoms with Crippen molar-refractivity contribution in [3.8, 4) is 0 Å². The number of aliphatic hydroxyl groups excluding tert-OH is 2. The van der Waals surface area contributed by atoms with Gasteiger partial charge in [-0.3, -0.25) is 4.79 Å². The third-order valence-corrected chi connectivity index (χ3v) is 2.86. The van der Waals surface area contributed by atoms with Gasteiger partial charge < -0.3 is 15.3 Å². The first-order valence-corrected chi connectivity index (χ1v) is 6.10. The zero-order valence-electron chi connectivity index (χ0n) is 10.2. The number of aliphatic hydroxyl groups is 2. The molecule has 0 radical (unpaired) electrons. The van der Waals surface area contributed by atoms with Gasteiger partial charge in [0.1, 0.15) is 0 Å². The minimum absolute atomic E-state index is 0.351. The molecule has 3 unspecified atom stereocenters. The second-order valence-electron chi connectivity index (χ2n) is 4.35. The summed E-state index contributed by atoms with van der Waals surface area (Å²) in [5.74, 6) is -1.18. The lowest BCUT2D eigenvalue weighted by atomic mass is 9.96. The van der Waals surface area contributed by atoms with E-state index >= 15 is 0 Å². The molecule has 96 valence electrons. The summed E-state index contributed by atoms with van der Waals surface area (Å²) in [4.78, 5) is 10.7. The molecular weight excluding hydrogens is 208 g/mol. The van der Waals surface area contributed by atoms with Crippen LogP contribution in [0, 0.1) is 5.92 Å². The Morgan fingerprint density at radius 3 is 2.06 bits per heavy atom. The van der Waals surface area contributed by atoms with E-state index in [-0.39, 0.29) is 5.92 Å². The molecule has 0 aromatic carbocycles. The van der Waals surface area contributed by atoms with Crippen molar-refractivity contribution >= 4 is 5.97 Å². The first-order chi connectivity index (χ1) is 7.51. The Morgan fingerprint density at radius 1 is 1.06 bits per heavy atom. The van der Waals surface area contributed by atoms with Gasteiger partial charge >= 0.3 is 5.97 Å². The average Bonchev–Trinajstić information content (AvgIpc) is 2.18. The molecule has 4 nitrogen and oxygen atoms in total. The molecule has 0 amide bonds. The molecule has 0 aliphatic carbocycles. The highest BCUT2D eigenvalue weighted by molar-refractivity contribution is 5.69. The van der Waals surface area contributed by atoms with Gasteiger partial charge in [0, 0.05) is 0 Å². The lowest BCUT2D eigenvalue weighted by Gasteiger charge is -2.16. The van der Waals surface area contributed by atoms with E-state index in [0.717, 1.165) is 6.42 Å². The third-order valence-electron chi connectivity index (χ3n) is 2.86. The fraction of sp³-hybridized carbons (Fsp3) is 0.917.